The van der Waals surface area contributed by atoms with Crippen molar-refractivity contribution in [1.29, 1.82) is 0 Å². The van der Waals surface area contributed by atoms with E-state index < -0.39 is 11.7 Å². The van der Waals surface area contributed by atoms with Crippen LogP contribution in [-0.2, 0) is 4.79 Å². The molecule has 0 bridgehead atoms. The number of Topliss-reactive ketones (excluding diaryl/α,β-unsaturated/α-hetero) is 1. The molecule has 3 nitrogen and oxygen atoms in total. The lowest BCUT2D eigenvalue weighted by Gasteiger charge is -1.91. The molecule has 1 aromatic rings. The van der Waals surface area contributed by atoms with Gasteiger partial charge < -0.3 is 5.32 Å². The topological polar surface area (TPSA) is 46.2 Å². The Kier molecular flexibility index (Phi) is 2.15. The summed E-state index contributed by atoms with van der Waals surface area (Å²) in [6, 6.07) is 6.85. The monoisotopic (exact) mass is 183 g/mol. The number of para-hydroxylation sites is 1. The van der Waals surface area contributed by atoms with Gasteiger partial charge in [-0.15, -0.1) is 12.4 Å². The third-order valence-corrected chi connectivity index (χ3v) is 1.63. The zero-order valence-electron chi connectivity index (χ0n) is 6.03. The maximum absolute atomic E-state index is 11.0. The molecular weight excluding hydrogens is 178 g/mol. The van der Waals surface area contributed by atoms with Crippen molar-refractivity contribution in [2.45, 2.75) is 0 Å². The molecule has 1 N–H and O–H groups in total. The zero-order chi connectivity index (χ0) is 7.84. The maximum atomic E-state index is 11.0. The number of rotatable bonds is 0. The second-order valence-corrected chi connectivity index (χ2v) is 2.33. The van der Waals surface area contributed by atoms with Gasteiger partial charge in [-0.1, -0.05) is 12.1 Å². The van der Waals surface area contributed by atoms with Gasteiger partial charge in [-0.2, -0.15) is 0 Å². The second-order valence-electron chi connectivity index (χ2n) is 2.33. The minimum absolute atomic E-state index is 0. The summed E-state index contributed by atoms with van der Waals surface area (Å²) in [5.74, 6) is -0.980. The van der Waals surface area contributed by atoms with Crippen LogP contribution in [0.1, 0.15) is 10.4 Å². The molecule has 0 fully saturated rings. The molecule has 12 heavy (non-hydrogen) atoms. The minimum Gasteiger partial charge on any atom is -0.318 e. The highest BCUT2D eigenvalue weighted by Crippen LogP contribution is 2.21. The largest absolute Gasteiger partial charge is 0.318 e. The number of amides is 1. The molecule has 1 aromatic carbocycles. The smallest absolute Gasteiger partial charge is 0.296 e. The standard InChI is InChI=1S/C8H5NO2.ClH/c10-7-5-3-1-2-4-6(5)9-8(7)11;/h1-4H,(H,9,10,11);1H. The van der Waals surface area contributed by atoms with E-state index in [1.54, 1.807) is 24.3 Å². The number of carbonyl (C=O) groups excluding carboxylic acids is 2. The predicted octanol–water partition coefficient (Wildman–Crippen LogP) is 1.24. The van der Waals surface area contributed by atoms with Crippen molar-refractivity contribution in [3.05, 3.63) is 29.8 Å². The van der Waals surface area contributed by atoms with Gasteiger partial charge in [-0.05, 0) is 12.1 Å². The van der Waals surface area contributed by atoms with Crippen LogP contribution in [-0.4, -0.2) is 11.7 Å². The highest BCUT2D eigenvalue weighted by molar-refractivity contribution is 6.51. The number of halogens is 1. The first-order chi connectivity index (χ1) is 5.29. The summed E-state index contributed by atoms with van der Waals surface area (Å²) in [6.07, 6.45) is 0. The number of nitrogens with one attached hydrogen (secondary N) is 1. The predicted molar refractivity (Wildman–Crippen MR) is 46.7 cm³/mol. The lowest BCUT2D eigenvalue weighted by molar-refractivity contribution is -0.112. The fraction of sp³-hybridized carbons (Fsp3) is 0. The molecule has 1 aliphatic heterocycles. The summed E-state index contributed by atoms with van der Waals surface area (Å²) in [4.78, 5) is 21.8. The van der Waals surface area contributed by atoms with Crippen LogP contribution < -0.4 is 5.32 Å². The minimum atomic E-state index is -0.536. The van der Waals surface area contributed by atoms with E-state index in [0.717, 1.165) is 0 Å². The Balaban J connectivity index is 0.000000720. The number of benzene rings is 1. The Hall–Kier alpha value is -1.35. The SMILES string of the molecule is Cl.O=C1Nc2ccccc2C1=O. The Bertz CT molecular complexity index is 349. The number of carbonyl (C=O) groups is 2. The Labute approximate surface area is 75.2 Å². The van der Waals surface area contributed by atoms with Crippen molar-refractivity contribution in [2.75, 3.05) is 5.32 Å². The molecule has 4 heteroatoms. The van der Waals surface area contributed by atoms with Crippen LogP contribution in [0, 0.1) is 0 Å². The number of fused-ring (bicyclic) bond motifs is 1. The van der Waals surface area contributed by atoms with Crippen LogP contribution in [0.5, 0.6) is 0 Å². The molecule has 0 spiro atoms. The number of ketones is 1. The summed E-state index contributed by atoms with van der Waals surface area (Å²) in [5, 5.41) is 2.46. The molecule has 0 saturated carbocycles. The van der Waals surface area contributed by atoms with Crippen LogP contribution in [0.3, 0.4) is 0 Å². The van der Waals surface area contributed by atoms with Crippen molar-refractivity contribution in [3.8, 4) is 0 Å². The molecule has 0 aromatic heterocycles. The summed E-state index contributed by atoms with van der Waals surface area (Å²) in [7, 11) is 0. The van der Waals surface area contributed by atoms with E-state index >= 15 is 0 Å². The van der Waals surface area contributed by atoms with E-state index in [1.807, 2.05) is 0 Å². The summed E-state index contributed by atoms with van der Waals surface area (Å²) in [5.41, 5.74) is 1.08. The van der Waals surface area contributed by atoms with Gasteiger partial charge in [-0.3, -0.25) is 9.59 Å². The average molecular weight is 184 g/mol. The van der Waals surface area contributed by atoms with Crippen molar-refractivity contribution in [2.24, 2.45) is 0 Å². The lowest BCUT2D eigenvalue weighted by atomic mass is 10.1. The van der Waals surface area contributed by atoms with Crippen LogP contribution in [0.25, 0.3) is 0 Å². The van der Waals surface area contributed by atoms with Crippen molar-refractivity contribution >= 4 is 29.8 Å². The maximum Gasteiger partial charge on any atom is 0.296 e. The highest BCUT2D eigenvalue weighted by atomic mass is 35.5. The fourth-order valence-electron chi connectivity index (χ4n) is 1.09. The Morgan fingerprint density at radius 3 is 2.42 bits per heavy atom. The van der Waals surface area contributed by atoms with Crippen molar-refractivity contribution in [1.82, 2.24) is 0 Å². The van der Waals surface area contributed by atoms with Crippen molar-refractivity contribution in [3.63, 3.8) is 0 Å². The second kappa shape index (κ2) is 2.95. The molecule has 0 radical (unpaired) electrons. The third-order valence-electron chi connectivity index (χ3n) is 1.63. The number of anilines is 1. The van der Waals surface area contributed by atoms with E-state index in [9.17, 15) is 9.59 Å². The van der Waals surface area contributed by atoms with E-state index in [1.165, 1.54) is 0 Å². The summed E-state index contributed by atoms with van der Waals surface area (Å²) < 4.78 is 0. The quantitative estimate of drug-likeness (QED) is 0.616. The average Bonchev–Trinajstić information content (AvgIpc) is 2.30. The molecule has 0 saturated heterocycles. The van der Waals surface area contributed by atoms with E-state index in [-0.39, 0.29) is 12.4 Å². The van der Waals surface area contributed by atoms with Crippen LogP contribution in [0.15, 0.2) is 24.3 Å². The van der Waals surface area contributed by atoms with Gasteiger partial charge in [0.05, 0.1) is 11.3 Å². The molecule has 0 atom stereocenters. The fourth-order valence-corrected chi connectivity index (χ4v) is 1.09. The first-order valence-corrected chi connectivity index (χ1v) is 3.24. The van der Waals surface area contributed by atoms with Gasteiger partial charge in [0.15, 0.2) is 0 Å². The lowest BCUT2D eigenvalue weighted by Crippen LogP contribution is -2.12. The Morgan fingerprint density at radius 2 is 1.75 bits per heavy atom. The van der Waals surface area contributed by atoms with Crippen molar-refractivity contribution < 1.29 is 9.59 Å². The molecule has 1 heterocycles. The third kappa shape index (κ3) is 1.08. The molecular formula is C8H6ClNO2. The van der Waals surface area contributed by atoms with Crippen LogP contribution in [0.4, 0.5) is 5.69 Å². The van der Waals surface area contributed by atoms with Crippen LogP contribution in [0.2, 0.25) is 0 Å². The van der Waals surface area contributed by atoms with Gasteiger partial charge in [0.2, 0.25) is 0 Å². The van der Waals surface area contributed by atoms with Gasteiger partial charge in [0.25, 0.3) is 11.7 Å². The van der Waals surface area contributed by atoms with E-state index in [2.05, 4.69) is 5.32 Å². The Morgan fingerprint density at radius 1 is 1.08 bits per heavy atom. The van der Waals surface area contributed by atoms with Crippen LogP contribution >= 0.6 is 12.4 Å². The van der Waals surface area contributed by atoms with Gasteiger partial charge in [0.1, 0.15) is 0 Å². The highest BCUT2D eigenvalue weighted by Gasteiger charge is 2.26. The normalized spacial score (nSPS) is 13.3. The first kappa shape index (κ1) is 8.74. The molecule has 1 amide bonds. The van der Waals surface area contributed by atoms with Gasteiger partial charge in [-0.25, -0.2) is 0 Å². The number of hydrogen-bond donors (Lipinski definition) is 1. The van der Waals surface area contributed by atoms with E-state index in [4.69, 9.17) is 0 Å². The molecule has 62 valence electrons. The summed E-state index contributed by atoms with van der Waals surface area (Å²) >= 11 is 0. The zero-order valence-corrected chi connectivity index (χ0v) is 6.85. The molecule has 1 aliphatic rings. The molecule has 2 rings (SSSR count). The van der Waals surface area contributed by atoms with E-state index in [0.29, 0.717) is 11.3 Å². The van der Waals surface area contributed by atoms with Gasteiger partial charge in [0, 0.05) is 0 Å². The van der Waals surface area contributed by atoms with Gasteiger partial charge >= 0.3 is 0 Å². The number of hydrogen-bond acceptors (Lipinski definition) is 2. The molecule has 0 unspecified atom stereocenters. The summed E-state index contributed by atoms with van der Waals surface area (Å²) in [6.45, 7) is 0. The first-order valence-electron chi connectivity index (χ1n) is 3.24. The molecule has 0 aliphatic carbocycles.